The molecule has 27 heavy (non-hydrogen) atoms. The summed E-state index contributed by atoms with van der Waals surface area (Å²) in [5, 5.41) is 3.95. The van der Waals surface area contributed by atoms with Crippen molar-refractivity contribution in [1.82, 2.24) is 19.9 Å². The molecule has 3 rings (SSSR count). The highest BCUT2D eigenvalue weighted by Crippen LogP contribution is 2.29. The maximum Gasteiger partial charge on any atom is 0.275 e. The second-order valence-corrected chi connectivity index (χ2v) is 7.37. The molecule has 2 aromatic rings. The van der Waals surface area contributed by atoms with Gasteiger partial charge in [0.05, 0.1) is 6.54 Å². The Bertz CT molecular complexity index is 857. The summed E-state index contributed by atoms with van der Waals surface area (Å²) in [7, 11) is 7.17. The molecule has 0 radical (unpaired) electrons. The molecule has 144 valence electrons. The lowest BCUT2D eigenvalue weighted by molar-refractivity contribution is -0.137. The summed E-state index contributed by atoms with van der Waals surface area (Å²) < 4.78 is 5.35. The van der Waals surface area contributed by atoms with Crippen LogP contribution in [0.25, 0.3) is 0 Å². The Morgan fingerprint density at radius 1 is 1.19 bits per heavy atom. The van der Waals surface area contributed by atoms with Crippen molar-refractivity contribution in [3.63, 3.8) is 0 Å². The van der Waals surface area contributed by atoms with E-state index in [2.05, 4.69) is 5.16 Å². The van der Waals surface area contributed by atoms with Gasteiger partial charge in [0.15, 0.2) is 5.69 Å². The average Bonchev–Trinajstić information content (AvgIpc) is 3.05. The van der Waals surface area contributed by atoms with Gasteiger partial charge in [0.2, 0.25) is 5.91 Å². The minimum Gasteiger partial charge on any atom is -0.360 e. The minimum atomic E-state index is -0.374. The fraction of sp³-hybridized carbons (Fsp3) is 0.450. The topological polar surface area (TPSA) is 69.9 Å². The first-order valence-corrected chi connectivity index (χ1v) is 9.01. The monoisotopic (exact) mass is 370 g/mol. The Labute approximate surface area is 159 Å². The van der Waals surface area contributed by atoms with E-state index in [0.717, 1.165) is 16.7 Å². The quantitative estimate of drug-likeness (QED) is 0.822. The van der Waals surface area contributed by atoms with Crippen molar-refractivity contribution >= 4 is 11.8 Å². The number of hydrogen-bond acceptors (Lipinski definition) is 5. The molecule has 1 atom stereocenters. The minimum absolute atomic E-state index is 0.0180. The van der Waals surface area contributed by atoms with Crippen molar-refractivity contribution < 1.29 is 14.1 Å². The molecular weight excluding hydrogens is 344 g/mol. The number of carbonyl (C=O) groups is 2. The van der Waals surface area contributed by atoms with Crippen molar-refractivity contribution in [3.05, 3.63) is 52.4 Å². The number of nitrogens with zero attached hydrogens (tertiary/aromatic N) is 4. The molecule has 1 aliphatic heterocycles. The second-order valence-electron chi connectivity index (χ2n) is 7.37. The highest BCUT2D eigenvalue weighted by atomic mass is 16.5. The lowest BCUT2D eigenvalue weighted by atomic mass is 9.97. The molecule has 1 aromatic heterocycles. The summed E-state index contributed by atoms with van der Waals surface area (Å²) in [6.07, 6.45) is 0.558. The van der Waals surface area contributed by atoms with E-state index in [0.29, 0.717) is 31.0 Å². The molecule has 0 saturated heterocycles. The first-order valence-electron chi connectivity index (χ1n) is 9.01. The molecular formula is C20H26N4O3. The van der Waals surface area contributed by atoms with Gasteiger partial charge in [0, 0.05) is 32.6 Å². The van der Waals surface area contributed by atoms with Crippen LogP contribution in [0.1, 0.15) is 39.0 Å². The molecule has 1 aliphatic rings. The van der Waals surface area contributed by atoms with E-state index in [1.807, 2.05) is 50.2 Å². The van der Waals surface area contributed by atoms with Gasteiger partial charge in [-0.05, 0) is 32.1 Å². The van der Waals surface area contributed by atoms with Crippen LogP contribution in [-0.4, -0.2) is 66.4 Å². The van der Waals surface area contributed by atoms with Gasteiger partial charge in [-0.25, -0.2) is 0 Å². The van der Waals surface area contributed by atoms with E-state index < -0.39 is 0 Å². The predicted molar refractivity (Wildman–Crippen MR) is 101 cm³/mol. The third-order valence-electron chi connectivity index (χ3n) is 4.98. The van der Waals surface area contributed by atoms with E-state index in [-0.39, 0.29) is 17.9 Å². The Morgan fingerprint density at radius 3 is 2.52 bits per heavy atom. The number of aromatic nitrogens is 1. The van der Waals surface area contributed by atoms with Gasteiger partial charge >= 0.3 is 0 Å². The summed E-state index contributed by atoms with van der Waals surface area (Å²) >= 11 is 0. The van der Waals surface area contributed by atoms with Gasteiger partial charge in [-0.1, -0.05) is 29.4 Å². The molecule has 0 aliphatic carbocycles. The maximum atomic E-state index is 13.4. The number of hydrogen-bond donors (Lipinski definition) is 0. The standard InChI is InChI=1S/C20H26N4O3/c1-13-8-6-7-9-14(13)18(22(2)3)20(26)24-11-10-16-15(12-24)17(21-27-16)19(25)23(4)5/h6-9,18H,10-12H2,1-5H3/t18-/m1/s1. The van der Waals surface area contributed by atoms with Crippen LogP contribution in [0.5, 0.6) is 0 Å². The second kappa shape index (κ2) is 7.52. The van der Waals surface area contributed by atoms with Crippen LogP contribution in [0, 0.1) is 6.92 Å². The molecule has 7 heteroatoms. The van der Waals surface area contributed by atoms with Crippen LogP contribution in [0.4, 0.5) is 0 Å². The molecule has 1 aromatic carbocycles. The molecule has 2 heterocycles. The van der Waals surface area contributed by atoms with E-state index >= 15 is 0 Å². The summed E-state index contributed by atoms with van der Waals surface area (Å²) in [6, 6.07) is 7.56. The number of carbonyl (C=O) groups excluding carboxylic acids is 2. The summed E-state index contributed by atoms with van der Waals surface area (Å²) in [6.45, 7) is 2.90. The Kier molecular flexibility index (Phi) is 5.32. The number of benzene rings is 1. The van der Waals surface area contributed by atoms with Crippen LogP contribution >= 0.6 is 0 Å². The maximum absolute atomic E-state index is 13.4. The molecule has 0 bridgehead atoms. The van der Waals surface area contributed by atoms with Crippen molar-refractivity contribution in [3.8, 4) is 0 Å². The Hall–Kier alpha value is -2.67. The number of aryl methyl sites for hydroxylation is 1. The van der Waals surface area contributed by atoms with Crippen LogP contribution in [0.2, 0.25) is 0 Å². The van der Waals surface area contributed by atoms with Gasteiger partial charge in [-0.15, -0.1) is 0 Å². The fourth-order valence-electron chi connectivity index (χ4n) is 3.48. The lowest BCUT2D eigenvalue weighted by Crippen LogP contribution is -2.43. The highest BCUT2D eigenvalue weighted by Gasteiger charge is 2.34. The van der Waals surface area contributed by atoms with E-state index in [1.165, 1.54) is 4.90 Å². The van der Waals surface area contributed by atoms with Crippen LogP contribution in [-0.2, 0) is 17.8 Å². The molecule has 0 unspecified atom stereocenters. The van der Waals surface area contributed by atoms with E-state index in [4.69, 9.17) is 4.52 Å². The lowest BCUT2D eigenvalue weighted by Gasteiger charge is -2.33. The zero-order chi connectivity index (χ0) is 19.7. The molecule has 0 saturated carbocycles. The third kappa shape index (κ3) is 3.60. The zero-order valence-electron chi connectivity index (χ0n) is 16.5. The molecule has 0 fully saturated rings. The van der Waals surface area contributed by atoms with Gasteiger partial charge in [0.1, 0.15) is 11.8 Å². The number of rotatable bonds is 4. The van der Waals surface area contributed by atoms with Crippen molar-refractivity contribution in [1.29, 1.82) is 0 Å². The summed E-state index contributed by atoms with van der Waals surface area (Å²) in [5.41, 5.74) is 3.09. The van der Waals surface area contributed by atoms with Crippen LogP contribution < -0.4 is 0 Å². The molecule has 0 spiro atoms. The first-order chi connectivity index (χ1) is 12.8. The summed E-state index contributed by atoms with van der Waals surface area (Å²) in [4.78, 5) is 30.9. The van der Waals surface area contributed by atoms with Crippen LogP contribution in [0.3, 0.4) is 0 Å². The predicted octanol–water partition coefficient (Wildman–Crippen LogP) is 1.87. The van der Waals surface area contributed by atoms with Gasteiger partial charge in [-0.2, -0.15) is 0 Å². The smallest absolute Gasteiger partial charge is 0.275 e. The Balaban J connectivity index is 1.89. The zero-order valence-corrected chi connectivity index (χ0v) is 16.5. The summed E-state index contributed by atoms with van der Waals surface area (Å²) in [5.74, 6) is 0.503. The molecule has 7 nitrogen and oxygen atoms in total. The first kappa shape index (κ1) is 19.1. The molecule has 0 N–H and O–H groups in total. The Morgan fingerprint density at radius 2 is 1.89 bits per heavy atom. The van der Waals surface area contributed by atoms with Crippen molar-refractivity contribution in [2.75, 3.05) is 34.7 Å². The van der Waals surface area contributed by atoms with Gasteiger partial charge in [0.25, 0.3) is 5.91 Å². The number of likely N-dealkylation sites (N-methyl/N-ethyl adjacent to an activating group) is 1. The van der Waals surface area contributed by atoms with E-state index in [9.17, 15) is 9.59 Å². The fourth-order valence-corrected chi connectivity index (χ4v) is 3.48. The van der Waals surface area contributed by atoms with Crippen molar-refractivity contribution in [2.24, 2.45) is 0 Å². The van der Waals surface area contributed by atoms with Crippen molar-refractivity contribution in [2.45, 2.75) is 25.9 Å². The average molecular weight is 370 g/mol. The van der Waals surface area contributed by atoms with E-state index in [1.54, 1.807) is 19.0 Å². The SMILES string of the molecule is Cc1ccccc1[C@H](C(=O)N1CCc2onc(C(=O)N(C)C)c2C1)N(C)C. The third-order valence-corrected chi connectivity index (χ3v) is 4.98. The number of fused-ring (bicyclic) bond motifs is 1. The van der Waals surface area contributed by atoms with Gasteiger partial charge < -0.3 is 14.3 Å². The normalized spacial score (nSPS) is 14.8. The van der Waals surface area contributed by atoms with Crippen LogP contribution in [0.15, 0.2) is 28.8 Å². The number of amides is 2. The van der Waals surface area contributed by atoms with Gasteiger partial charge in [-0.3, -0.25) is 14.5 Å². The molecule has 2 amide bonds. The largest absolute Gasteiger partial charge is 0.360 e. The highest BCUT2D eigenvalue weighted by molar-refractivity contribution is 5.94.